The molecule has 0 amide bonds. The molecule has 1 atom stereocenters. The van der Waals surface area contributed by atoms with E-state index in [2.05, 4.69) is 141 Å². The fraction of sp³-hybridized carbons (Fsp3) is 0.150. The lowest BCUT2D eigenvalue weighted by Gasteiger charge is -2.24. The molecule has 2 heteroatoms. The molecule has 7 aromatic rings. The summed E-state index contributed by atoms with van der Waals surface area (Å²) in [6.07, 6.45) is 5.77. The molecular formula is C40H31NS. The van der Waals surface area contributed by atoms with Gasteiger partial charge in [-0.05, 0) is 58.5 Å². The molecule has 0 fully saturated rings. The Labute approximate surface area is 250 Å². The number of rotatable bonds is 2. The molecular weight excluding hydrogens is 527 g/mol. The molecule has 0 saturated heterocycles. The normalized spacial score (nSPS) is 16.7. The summed E-state index contributed by atoms with van der Waals surface area (Å²) in [5.41, 5.74) is 13.5. The Morgan fingerprint density at radius 3 is 2.43 bits per heavy atom. The summed E-state index contributed by atoms with van der Waals surface area (Å²) < 4.78 is 5.36. The molecule has 0 spiro atoms. The minimum atomic E-state index is -0.0746. The van der Waals surface area contributed by atoms with Gasteiger partial charge in [0.2, 0.25) is 0 Å². The molecule has 0 radical (unpaired) electrons. The van der Waals surface area contributed by atoms with Crippen LogP contribution in [0.5, 0.6) is 0 Å². The first-order valence-corrected chi connectivity index (χ1v) is 15.8. The van der Waals surface area contributed by atoms with Crippen LogP contribution in [0.2, 0.25) is 0 Å². The first-order valence-electron chi connectivity index (χ1n) is 15.0. The average molecular weight is 558 g/mol. The van der Waals surface area contributed by atoms with E-state index in [1.807, 2.05) is 11.3 Å². The summed E-state index contributed by atoms with van der Waals surface area (Å²) in [6, 6.07) is 38.6. The molecule has 1 unspecified atom stereocenters. The SMILES string of the molecule is CC1CC=Cc2c1n(-c1ccc3c(c1)C(C)(C)c1ccc4c(sc5ccccc54)c1-3)c1cc(-c3ccccc3)ccc21. The molecule has 0 bridgehead atoms. The van der Waals surface area contributed by atoms with Gasteiger partial charge in [-0.2, -0.15) is 0 Å². The molecule has 202 valence electrons. The second-order valence-electron chi connectivity index (χ2n) is 12.6. The molecule has 0 aliphatic heterocycles. The topological polar surface area (TPSA) is 4.93 Å². The molecule has 2 aliphatic rings. The van der Waals surface area contributed by atoms with Crippen LogP contribution in [0.3, 0.4) is 0 Å². The van der Waals surface area contributed by atoms with Crippen LogP contribution < -0.4 is 0 Å². The third-order valence-corrected chi connectivity index (χ3v) is 11.0. The number of allylic oxidation sites excluding steroid dienone is 1. The van der Waals surface area contributed by atoms with E-state index in [1.165, 1.54) is 81.4 Å². The highest BCUT2D eigenvalue weighted by molar-refractivity contribution is 7.26. The lowest BCUT2D eigenvalue weighted by atomic mass is 9.82. The third-order valence-electron chi connectivity index (χ3n) is 9.82. The van der Waals surface area contributed by atoms with E-state index in [9.17, 15) is 0 Å². The highest BCUT2D eigenvalue weighted by Crippen LogP contribution is 2.54. The number of benzene rings is 5. The first kappa shape index (κ1) is 24.2. The smallest absolute Gasteiger partial charge is 0.0544 e. The van der Waals surface area contributed by atoms with Gasteiger partial charge in [0.25, 0.3) is 0 Å². The van der Waals surface area contributed by atoms with Crippen molar-refractivity contribution in [1.29, 1.82) is 0 Å². The molecule has 1 nitrogen and oxygen atoms in total. The number of fused-ring (bicyclic) bond motifs is 10. The van der Waals surface area contributed by atoms with Crippen molar-refractivity contribution in [3.63, 3.8) is 0 Å². The molecule has 9 rings (SSSR count). The Morgan fingerprint density at radius 1 is 0.738 bits per heavy atom. The van der Waals surface area contributed by atoms with Crippen molar-refractivity contribution in [2.45, 2.75) is 38.5 Å². The van der Waals surface area contributed by atoms with Crippen molar-refractivity contribution in [3.05, 3.63) is 132 Å². The summed E-state index contributed by atoms with van der Waals surface area (Å²) in [5, 5.41) is 4.08. The third kappa shape index (κ3) is 3.19. The average Bonchev–Trinajstić information content (AvgIpc) is 3.64. The second kappa shape index (κ2) is 8.56. The summed E-state index contributed by atoms with van der Waals surface area (Å²) in [7, 11) is 0. The van der Waals surface area contributed by atoms with Crippen molar-refractivity contribution < 1.29 is 0 Å². The second-order valence-corrected chi connectivity index (χ2v) is 13.6. The monoisotopic (exact) mass is 557 g/mol. The first-order chi connectivity index (χ1) is 20.5. The molecule has 2 heterocycles. The van der Waals surface area contributed by atoms with Crippen molar-refractivity contribution in [1.82, 2.24) is 4.57 Å². The van der Waals surface area contributed by atoms with Gasteiger partial charge in [-0.1, -0.05) is 112 Å². The van der Waals surface area contributed by atoms with Gasteiger partial charge in [-0.25, -0.2) is 0 Å². The van der Waals surface area contributed by atoms with Crippen molar-refractivity contribution >= 4 is 48.5 Å². The number of thiophene rings is 1. The van der Waals surface area contributed by atoms with Gasteiger partial charge in [0.1, 0.15) is 0 Å². The highest BCUT2D eigenvalue weighted by atomic mass is 32.1. The lowest BCUT2D eigenvalue weighted by Crippen LogP contribution is -2.15. The Morgan fingerprint density at radius 2 is 1.55 bits per heavy atom. The summed E-state index contributed by atoms with van der Waals surface area (Å²) in [6.45, 7) is 7.19. The predicted molar refractivity (Wildman–Crippen MR) is 181 cm³/mol. The Balaban J connectivity index is 1.30. The van der Waals surface area contributed by atoms with E-state index in [1.54, 1.807) is 0 Å². The number of hydrogen-bond acceptors (Lipinski definition) is 1. The Kier molecular flexibility index (Phi) is 4.94. The van der Waals surface area contributed by atoms with Gasteiger partial charge in [0.05, 0.1) is 5.52 Å². The van der Waals surface area contributed by atoms with Gasteiger partial charge in [-0.15, -0.1) is 11.3 Å². The fourth-order valence-corrected chi connectivity index (χ4v) is 8.98. The van der Waals surface area contributed by atoms with Gasteiger partial charge < -0.3 is 4.57 Å². The van der Waals surface area contributed by atoms with E-state index in [-0.39, 0.29) is 5.41 Å². The van der Waals surface area contributed by atoms with E-state index in [0.29, 0.717) is 5.92 Å². The van der Waals surface area contributed by atoms with Crippen molar-refractivity contribution in [3.8, 4) is 27.9 Å². The number of aromatic nitrogens is 1. The van der Waals surface area contributed by atoms with Crippen LogP contribution in [-0.2, 0) is 5.41 Å². The van der Waals surface area contributed by atoms with Crippen LogP contribution >= 0.6 is 11.3 Å². The maximum absolute atomic E-state index is 2.57. The highest BCUT2D eigenvalue weighted by Gasteiger charge is 2.37. The molecule has 0 saturated carbocycles. The van der Waals surface area contributed by atoms with Gasteiger partial charge in [0.15, 0.2) is 0 Å². The maximum atomic E-state index is 2.57. The number of hydrogen-bond donors (Lipinski definition) is 0. The van der Waals surface area contributed by atoms with Gasteiger partial charge in [-0.3, -0.25) is 0 Å². The molecule has 5 aromatic carbocycles. The van der Waals surface area contributed by atoms with Gasteiger partial charge >= 0.3 is 0 Å². The molecule has 2 aromatic heterocycles. The minimum Gasteiger partial charge on any atom is -0.313 e. The van der Waals surface area contributed by atoms with E-state index in [0.717, 1.165) is 6.42 Å². The van der Waals surface area contributed by atoms with E-state index < -0.39 is 0 Å². The van der Waals surface area contributed by atoms with Crippen molar-refractivity contribution in [2.24, 2.45) is 0 Å². The fourth-order valence-electron chi connectivity index (χ4n) is 7.71. The summed E-state index contributed by atoms with van der Waals surface area (Å²) >= 11 is 1.94. The van der Waals surface area contributed by atoms with E-state index >= 15 is 0 Å². The zero-order chi connectivity index (χ0) is 28.2. The van der Waals surface area contributed by atoms with Gasteiger partial charge in [0, 0.05) is 59.4 Å². The van der Waals surface area contributed by atoms with Crippen LogP contribution in [-0.4, -0.2) is 4.57 Å². The predicted octanol–water partition coefficient (Wildman–Crippen LogP) is 11.5. The Hall–Kier alpha value is -4.40. The van der Waals surface area contributed by atoms with Crippen LogP contribution in [0.25, 0.3) is 65.1 Å². The largest absolute Gasteiger partial charge is 0.313 e. The van der Waals surface area contributed by atoms with Crippen molar-refractivity contribution in [2.75, 3.05) is 0 Å². The van der Waals surface area contributed by atoms with Crippen LogP contribution in [0, 0.1) is 0 Å². The Bertz CT molecular complexity index is 2260. The molecule has 2 aliphatic carbocycles. The maximum Gasteiger partial charge on any atom is 0.0544 e. The minimum absolute atomic E-state index is 0.0746. The van der Waals surface area contributed by atoms with E-state index in [4.69, 9.17) is 0 Å². The lowest BCUT2D eigenvalue weighted by molar-refractivity contribution is 0.659. The van der Waals surface area contributed by atoms with Crippen LogP contribution in [0.4, 0.5) is 0 Å². The molecule has 42 heavy (non-hydrogen) atoms. The van der Waals surface area contributed by atoms with Crippen LogP contribution in [0.1, 0.15) is 55.5 Å². The quantitative estimate of drug-likeness (QED) is 0.199. The zero-order valence-electron chi connectivity index (χ0n) is 24.1. The van der Waals surface area contributed by atoms with Crippen LogP contribution in [0.15, 0.2) is 109 Å². The number of nitrogens with zero attached hydrogens (tertiary/aromatic N) is 1. The summed E-state index contributed by atoms with van der Waals surface area (Å²) in [5.74, 6) is 0.453. The molecule has 0 N–H and O–H groups in total. The standard InChI is InChI=1S/C40H31NS/c1-24-10-9-14-30-28-18-16-26(25-11-5-4-6-12-25)22-35(28)41(38(24)30)27-17-19-32-34(23-27)40(2,3)33-21-20-31-29-13-7-8-15-36(29)42-39(31)37(32)33/h4-9,11-24H,10H2,1-3H3. The zero-order valence-corrected chi connectivity index (χ0v) is 24.9. The summed E-state index contributed by atoms with van der Waals surface area (Å²) in [4.78, 5) is 0.